The molecule has 0 aromatic heterocycles. The van der Waals surface area contributed by atoms with Crippen LogP contribution in [0.3, 0.4) is 0 Å². The minimum Gasteiger partial charge on any atom is -0.488 e. The third-order valence-electron chi connectivity index (χ3n) is 2.78. The van der Waals surface area contributed by atoms with Crippen molar-refractivity contribution in [3.63, 3.8) is 0 Å². The van der Waals surface area contributed by atoms with E-state index in [4.69, 9.17) is 21.1 Å². The summed E-state index contributed by atoms with van der Waals surface area (Å²) >= 11 is 6.05. The maximum absolute atomic E-state index is 6.05. The number of halogens is 1. The third-order valence-corrected chi connectivity index (χ3v) is 3.10. The van der Waals surface area contributed by atoms with Crippen molar-refractivity contribution in [1.82, 2.24) is 4.90 Å². The van der Waals surface area contributed by atoms with Crippen molar-refractivity contribution < 1.29 is 9.47 Å². The van der Waals surface area contributed by atoms with Crippen LogP contribution in [0.25, 0.3) is 0 Å². The second-order valence-corrected chi connectivity index (χ2v) is 4.68. The molecule has 4 heteroatoms. The molecule has 1 aliphatic heterocycles. The Labute approximate surface area is 107 Å². The highest BCUT2D eigenvalue weighted by Gasteiger charge is 2.15. The summed E-state index contributed by atoms with van der Waals surface area (Å²) in [5, 5.41) is 0.668. The summed E-state index contributed by atoms with van der Waals surface area (Å²) in [4.78, 5) is 2.35. The van der Waals surface area contributed by atoms with Crippen LogP contribution in [-0.4, -0.2) is 43.9 Å². The summed E-state index contributed by atoms with van der Waals surface area (Å²) < 4.78 is 11.1. The largest absolute Gasteiger partial charge is 0.488 e. The van der Waals surface area contributed by atoms with E-state index in [-0.39, 0.29) is 6.10 Å². The molecule has 1 fully saturated rings. The lowest BCUT2D eigenvalue weighted by Gasteiger charge is -2.29. The van der Waals surface area contributed by atoms with Gasteiger partial charge in [-0.15, -0.1) is 0 Å². The second-order valence-electron chi connectivity index (χ2n) is 4.27. The van der Waals surface area contributed by atoms with Crippen LogP contribution in [0.4, 0.5) is 0 Å². The number of para-hydroxylation sites is 1. The maximum Gasteiger partial charge on any atom is 0.138 e. The van der Waals surface area contributed by atoms with Gasteiger partial charge >= 0.3 is 0 Å². The van der Waals surface area contributed by atoms with E-state index >= 15 is 0 Å². The second kappa shape index (κ2) is 6.24. The van der Waals surface area contributed by atoms with Gasteiger partial charge in [0.2, 0.25) is 0 Å². The Kier molecular flexibility index (Phi) is 4.66. The summed E-state index contributed by atoms with van der Waals surface area (Å²) in [6.07, 6.45) is 0.132. The topological polar surface area (TPSA) is 21.7 Å². The molecule has 1 aliphatic rings. The zero-order valence-corrected chi connectivity index (χ0v) is 10.8. The third kappa shape index (κ3) is 3.87. The Balaban J connectivity index is 1.84. The van der Waals surface area contributed by atoms with Gasteiger partial charge in [0.1, 0.15) is 11.9 Å². The quantitative estimate of drug-likeness (QED) is 0.825. The SMILES string of the molecule is C[C@@H](CN1CCOCC1)Oc1ccccc1Cl. The smallest absolute Gasteiger partial charge is 0.138 e. The first-order chi connectivity index (χ1) is 8.25. The fourth-order valence-electron chi connectivity index (χ4n) is 1.94. The predicted octanol–water partition coefficient (Wildman–Crippen LogP) is 2.44. The molecule has 1 heterocycles. The average Bonchev–Trinajstić information content (AvgIpc) is 2.33. The van der Waals surface area contributed by atoms with Gasteiger partial charge in [-0.2, -0.15) is 0 Å². The zero-order chi connectivity index (χ0) is 12.1. The molecule has 1 atom stereocenters. The van der Waals surface area contributed by atoms with E-state index in [1.54, 1.807) is 0 Å². The first-order valence-corrected chi connectivity index (χ1v) is 6.35. The number of rotatable bonds is 4. The van der Waals surface area contributed by atoms with Gasteiger partial charge in [0, 0.05) is 19.6 Å². The van der Waals surface area contributed by atoms with Crippen molar-refractivity contribution in [2.75, 3.05) is 32.8 Å². The molecule has 17 heavy (non-hydrogen) atoms. The van der Waals surface area contributed by atoms with Gasteiger partial charge in [-0.05, 0) is 19.1 Å². The van der Waals surface area contributed by atoms with Gasteiger partial charge in [0.05, 0.1) is 18.2 Å². The molecule has 0 saturated carbocycles. The minimum absolute atomic E-state index is 0.132. The molecule has 0 spiro atoms. The Morgan fingerprint density at radius 2 is 2.06 bits per heavy atom. The van der Waals surface area contributed by atoms with Crippen molar-refractivity contribution in [3.05, 3.63) is 29.3 Å². The van der Waals surface area contributed by atoms with E-state index in [1.807, 2.05) is 24.3 Å². The first kappa shape index (κ1) is 12.7. The molecule has 0 N–H and O–H groups in total. The molecule has 0 amide bonds. The van der Waals surface area contributed by atoms with Crippen LogP contribution in [0, 0.1) is 0 Å². The number of hydrogen-bond donors (Lipinski definition) is 0. The molecule has 0 radical (unpaired) electrons. The Bertz CT molecular complexity index is 353. The highest BCUT2D eigenvalue weighted by atomic mass is 35.5. The highest BCUT2D eigenvalue weighted by molar-refractivity contribution is 6.32. The monoisotopic (exact) mass is 255 g/mol. The lowest BCUT2D eigenvalue weighted by atomic mass is 10.3. The lowest BCUT2D eigenvalue weighted by Crippen LogP contribution is -2.41. The van der Waals surface area contributed by atoms with E-state index in [9.17, 15) is 0 Å². The van der Waals surface area contributed by atoms with Crippen LogP contribution in [0.5, 0.6) is 5.75 Å². The molecule has 1 aromatic rings. The van der Waals surface area contributed by atoms with Crippen LogP contribution in [0.1, 0.15) is 6.92 Å². The lowest BCUT2D eigenvalue weighted by molar-refractivity contribution is 0.0219. The Morgan fingerprint density at radius 1 is 1.35 bits per heavy atom. The number of benzene rings is 1. The van der Waals surface area contributed by atoms with Crippen LogP contribution in [-0.2, 0) is 4.74 Å². The first-order valence-electron chi connectivity index (χ1n) is 5.97. The average molecular weight is 256 g/mol. The molecular weight excluding hydrogens is 238 g/mol. The van der Waals surface area contributed by atoms with Gasteiger partial charge in [-0.3, -0.25) is 4.90 Å². The van der Waals surface area contributed by atoms with Crippen molar-refractivity contribution >= 4 is 11.6 Å². The van der Waals surface area contributed by atoms with Crippen molar-refractivity contribution in [3.8, 4) is 5.75 Å². The maximum atomic E-state index is 6.05. The highest BCUT2D eigenvalue weighted by Crippen LogP contribution is 2.24. The van der Waals surface area contributed by atoms with Gasteiger partial charge in [-0.25, -0.2) is 0 Å². The summed E-state index contributed by atoms with van der Waals surface area (Å²) in [5.74, 6) is 0.759. The summed E-state index contributed by atoms with van der Waals surface area (Å²) in [5.41, 5.74) is 0. The van der Waals surface area contributed by atoms with Crippen LogP contribution in [0.15, 0.2) is 24.3 Å². The molecule has 0 unspecified atom stereocenters. The van der Waals surface area contributed by atoms with Gasteiger partial charge in [0.25, 0.3) is 0 Å². The standard InChI is InChI=1S/C13H18ClNO2/c1-11(10-15-6-8-16-9-7-15)17-13-5-3-2-4-12(13)14/h2-5,11H,6-10H2,1H3/t11-/m0/s1. The van der Waals surface area contributed by atoms with Crippen LogP contribution < -0.4 is 4.74 Å². The predicted molar refractivity (Wildman–Crippen MR) is 68.8 cm³/mol. The van der Waals surface area contributed by atoms with E-state index in [0.717, 1.165) is 38.6 Å². The minimum atomic E-state index is 0.132. The number of hydrogen-bond acceptors (Lipinski definition) is 3. The molecule has 94 valence electrons. The van der Waals surface area contributed by atoms with Crippen LogP contribution in [0.2, 0.25) is 5.02 Å². The summed E-state index contributed by atoms with van der Waals surface area (Å²) in [7, 11) is 0. The number of morpholine rings is 1. The summed E-state index contributed by atoms with van der Waals surface area (Å²) in [6, 6.07) is 7.58. The Hall–Kier alpha value is -0.770. The number of nitrogens with zero attached hydrogens (tertiary/aromatic N) is 1. The van der Waals surface area contributed by atoms with Crippen molar-refractivity contribution in [1.29, 1.82) is 0 Å². The molecule has 3 nitrogen and oxygen atoms in total. The zero-order valence-electron chi connectivity index (χ0n) is 10.1. The molecular formula is C13H18ClNO2. The number of ether oxygens (including phenoxy) is 2. The fraction of sp³-hybridized carbons (Fsp3) is 0.538. The van der Waals surface area contributed by atoms with E-state index in [1.165, 1.54) is 0 Å². The van der Waals surface area contributed by atoms with Gasteiger partial charge < -0.3 is 9.47 Å². The van der Waals surface area contributed by atoms with E-state index < -0.39 is 0 Å². The Morgan fingerprint density at radius 3 is 2.76 bits per heavy atom. The van der Waals surface area contributed by atoms with Crippen molar-refractivity contribution in [2.24, 2.45) is 0 Å². The fourth-order valence-corrected chi connectivity index (χ4v) is 2.12. The molecule has 1 saturated heterocycles. The van der Waals surface area contributed by atoms with Gasteiger partial charge in [-0.1, -0.05) is 23.7 Å². The molecule has 2 rings (SSSR count). The van der Waals surface area contributed by atoms with Crippen LogP contribution >= 0.6 is 11.6 Å². The van der Waals surface area contributed by atoms with Gasteiger partial charge in [0.15, 0.2) is 0 Å². The van der Waals surface area contributed by atoms with E-state index in [2.05, 4.69) is 11.8 Å². The van der Waals surface area contributed by atoms with E-state index in [0.29, 0.717) is 5.02 Å². The van der Waals surface area contributed by atoms with Crippen molar-refractivity contribution in [2.45, 2.75) is 13.0 Å². The molecule has 1 aromatic carbocycles. The summed E-state index contributed by atoms with van der Waals surface area (Å²) in [6.45, 7) is 6.58. The molecule has 0 aliphatic carbocycles. The molecule has 0 bridgehead atoms. The normalized spacial score (nSPS) is 18.9.